The van der Waals surface area contributed by atoms with Gasteiger partial charge in [-0.25, -0.2) is 0 Å². The van der Waals surface area contributed by atoms with Crippen LogP contribution in [0, 0.1) is 0 Å². The summed E-state index contributed by atoms with van der Waals surface area (Å²) in [6, 6.07) is 9.19. The van der Waals surface area contributed by atoms with Gasteiger partial charge in [0.25, 0.3) is 0 Å². The zero-order chi connectivity index (χ0) is 9.73. The molecule has 0 bridgehead atoms. The smallest absolute Gasteiger partial charge is 0.216 e. The molecule has 2 nitrogen and oxygen atoms in total. The number of rotatable bonds is 4. The molecular weight excluding hydrogens is 242 g/mol. The SMILES string of the molecule is CCCOP(O)(=S)c1ccccc1.[K]. The summed E-state index contributed by atoms with van der Waals surface area (Å²) in [5, 5.41) is 0.721. The van der Waals surface area contributed by atoms with Crippen LogP contribution in [0.3, 0.4) is 0 Å². The van der Waals surface area contributed by atoms with E-state index >= 15 is 0 Å². The quantitative estimate of drug-likeness (QED) is 0.655. The largest absolute Gasteiger partial charge is 0.342 e. The van der Waals surface area contributed by atoms with Gasteiger partial charge in [0.15, 0.2) is 0 Å². The third-order valence-electron chi connectivity index (χ3n) is 1.55. The maximum Gasteiger partial charge on any atom is 0.216 e. The zero-order valence-electron chi connectivity index (χ0n) is 8.51. The topological polar surface area (TPSA) is 29.5 Å². The van der Waals surface area contributed by atoms with Crippen LogP contribution in [0.4, 0.5) is 0 Å². The standard InChI is InChI=1S/C9H13O2PS.K/c1-2-8-11-12(10,13)9-6-4-3-5-7-9;/h3-7H,2,8H2,1H3,(H,10,13);. The first-order chi connectivity index (χ1) is 6.17. The molecule has 0 saturated heterocycles. The molecule has 73 valence electrons. The molecule has 0 saturated carbocycles. The fourth-order valence-electron chi connectivity index (χ4n) is 0.906. The molecule has 0 aromatic heterocycles. The van der Waals surface area contributed by atoms with Gasteiger partial charge in [0.2, 0.25) is 6.49 Å². The molecule has 1 rings (SSSR count). The molecule has 14 heavy (non-hydrogen) atoms. The predicted octanol–water partition coefficient (Wildman–Crippen LogP) is 1.66. The molecule has 0 heterocycles. The van der Waals surface area contributed by atoms with Crippen molar-refractivity contribution in [2.45, 2.75) is 13.3 Å². The normalized spacial score (nSPS) is 14.1. The summed E-state index contributed by atoms with van der Waals surface area (Å²) >= 11 is 5.02. The monoisotopic (exact) mass is 255 g/mol. The second kappa shape index (κ2) is 7.66. The van der Waals surface area contributed by atoms with E-state index in [2.05, 4.69) is 0 Å². The molecule has 1 N–H and O–H groups in total. The Morgan fingerprint density at radius 2 is 1.93 bits per heavy atom. The molecule has 0 amide bonds. The Balaban J connectivity index is 0.00000169. The minimum atomic E-state index is -2.73. The van der Waals surface area contributed by atoms with Gasteiger partial charge in [-0.2, -0.15) is 0 Å². The van der Waals surface area contributed by atoms with E-state index in [1.165, 1.54) is 0 Å². The predicted molar refractivity (Wildman–Crippen MR) is 64.6 cm³/mol. The van der Waals surface area contributed by atoms with E-state index in [1.54, 1.807) is 12.1 Å². The van der Waals surface area contributed by atoms with Gasteiger partial charge >= 0.3 is 0 Å². The molecule has 0 aliphatic carbocycles. The third-order valence-corrected chi connectivity index (χ3v) is 3.98. The van der Waals surface area contributed by atoms with Gasteiger partial charge in [0, 0.05) is 56.7 Å². The van der Waals surface area contributed by atoms with Gasteiger partial charge in [0.05, 0.1) is 6.61 Å². The second-order valence-electron chi connectivity index (χ2n) is 2.69. The Bertz CT molecular complexity index is 305. The van der Waals surface area contributed by atoms with Gasteiger partial charge in [-0.1, -0.05) is 25.1 Å². The Morgan fingerprint density at radius 3 is 2.43 bits per heavy atom. The summed E-state index contributed by atoms with van der Waals surface area (Å²) < 4.78 is 5.25. The van der Waals surface area contributed by atoms with Gasteiger partial charge in [-0.05, 0) is 30.4 Å². The Labute approximate surface area is 133 Å². The van der Waals surface area contributed by atoms with Crippen LogP contribution in [-0.4, -0.2) is 62.9 Å². The minimum Gasteiger partial charge on any atom is -0.342 e. The van der Waals surface area contributed by atoms with E-state index in [-0.39, 0.29) is 51.4 Å². The van der Waals surface area contributed by atoms with E-state index in [1.807, 2.05) is 25.1 Å². The first-order valence-electron chi connectivity index (χ1n) is 4.20. The van der Waals surface area contributed by atoms with Gasteiger partial charge in [-0.15, -0.1) is 0 Å². The van der Waals surface area contributed by atoms with Crippen LogP contribution < -0.4 is 5.30 Å². The molecule has 0 spiro atoms. The molecule has 5 heteroatoms. The molecule has 1 unspecified atom stereocenters. The van der Waals surface area contributed by atoms with E-state index < -0.39 is 6.49 Å². The number of hydrogen-bond donors (Lipinski definition) is 1. The van der Waals surface area contributed by atoms with Crippen LogP contribution in [-0.2, 0) is 16.3 Å². The average molecular weight is 255 g/mol. The number of hydrogen-bond acceptors (Lipinski definition) is 2. The van der Waals surface area contributed by atoms with Crippen LogP contribution >= 0.6 is 6.49 Å². The van der Waals surface area contributed by atoms with Crippen molar-refractivity contribution >= 4 is 75.0 Å². The number of benzene rings is 1. The first-order valence-corrected chi connectivity index (χ1v) is 6.87. The summed E-state index contributed by atoms with van der Waals surface area (Å²) in [6.45, 7) is -0.225. The van der Waals surface area contributed by atoms with Crippen LogP contribution in [0.1, 0.15) is 13.3 Å². The second-order valence-corrected chi connectivity index (χ2v) is 5.99. The van der Waals surface area contributed by atoms with Crippen molar-refractivity contribution in [3.05, 3.63) is 30.3 Å². The van der Waals surface area contributed by atoms with Crippen molar-refractivity contribution in [1.29, 1.82) is 0 Å². The molecule has 1 atom stereocenters. The molecule has 1 aromatic carbocycles. The molecule has 1 aromatic rings. The van der Waals surface area contributed by atoms with Gasteiger partial charge in [-0.3, -0.25) is 0 Å². The maximum atomic E-state index is 9.82. The molecule has 0 aliphatic rings. The fourth-order valence-corrected chi connectivity index (χ4v) is 2.62. The third kappa shape index (κ3) is 4.97. The van der Waals surface area contributed by atoms with Crippen LogP contribution in [0.5, 0.6) is 0 Å². The van der Waals surface area contributed by atoms with Gasteiger partial charge in [0.1, 0.15) is 0 Å². The van der Waals surface area contributed by atoms with E-state index in [4.69, 9.17) is 16.3 Å². The minimum absolute atomic E-state index is 0. The Morgan fingerprint density at radius 1 is 1.36 bits per heavy atom. The fraction of sp³-hybridized carbons (Fsp3) is 0.333. The summed E-state index contributed by atoms with van der Waals surface area (Å²) in [4.78, 5) is 9.82. The zero-order valence-corrected chi connectivity index (χ0v) is 13.3. The van der Waals surface area contributed by atoms with Crippen molar-refractivity contribution in [3.8, 4) is 0 Å². The summed E-state index contributed by atoms with van der Waals surface area (Å²) in [5.41, 5.74) is 0. The van der Waals surface area contributed by atoms with Crippen molar-refractivity contribution < 1.29 is 9.42 Å². The summed E-state index contributed by atoms with van der Waals surface area (Å²) in [5.74, 6) is 0. The van der Waals surface area contributed by atoms with Crippen molar-refractivity contribution in [1.82, 2.24) is 0 Å². The molecular formula is C9H13KO2PS. The van der Waals surface area contributed by atoms with Crippen LogP contribution in [0.15, 0.2) is 30.3 Å². The van der Waals surface area contributed by atoms with E-state index in [9.17, 15) is 4.89 Å². The summed E-state index contributed by atoms with van der Waals surface area (Å²) in [6.07, 6.45) is 0.867. The molecule has 0 aliphatic heterocycles. The maximum absolute atomic E-state index is 9.82. The van der Waals surface area contributed by atoms with Crippen molar-refractivity contribution in [3.63, 3.8) is 0 Å². The van der Waals surface area contributed by atoms with E-state index in [0.717, 1.165) is 11.7 Å². The molecule has 1 radical (unpaired) electrons. The van der Waals surface area contributed by atoms with E-state index in [0.29, 0.717) is 6.61 Å². The van der Waals surface area contributed by atoms with Crippen molar-refractivity contribution in [2.75, 3.05) is 6.61 Å². The Kier molecular flexibility index (Phi) is 8.44. The van der Waals surface area contributed by atoms with Gasteiger partial charge < -0.3 is 9.42 Å². The Hall–Kier alpha value is 1.43. The summed E-state index contributed by atoms with van der Waals surface area (Å²) in [7, 11) is 0. The average Bonchev–Trinajstić information content (AvgIpc) is 2.16. The van der Waals surface area contributed by atoms with Crippen molar-refractivity contribution in [2.24, 2.45) is 0 Å². The first kappa shape index (κ1) is 15.4. The van der Waals surface area contributed by atoms with Crippen LogP contribution in [0.25, 0.3) is 0 Å². The molecule has 0 fully saturated rings. The van der Waals surface area contributed by atoms with Crippen LogP contribution in [0.2, 0.25) is 0 Å².